The molecule has 28 heavy (non-hydrogen) atoms. The number of fused-ring (bicyclic) bond motifs is 1. The summed E-state index contributed by atoms with van der Waals surface area (Å²) in [7, 11) is 0. The van der Waals surface area contributed by atoms with E-state index in [4.69, 9.17) is 21.7 Å². The number of hydrogen-bond acceptors (Lipinski definition) is 5. The molecule has 2 aliphatic rings. The van der Waals surface area contributed by atoms with Crippen LogP contribution in [-0.4, -0.2) is 26.3 Å². The van der Waals surface area contributed by atoms with Crippen molar-refractivity contribution in [3.63, 3.8) is 0 Å². The molecule has 1 unspecified atom stereocenters. The fourth-order valence-electron chi connectivity index (χ4n) is 3.84. The zero-order valence-corrected chi connectivity index (χ0v) is 17.7. The number of Topliss-reactive ketones (excluding diaryl/α,β-unsaturated/α-hetero) is 1. The van der Waals surface area contributed by atoms with E-state index in [0.717, 1.165) is 46.5 Å². The van der Waals surface area contributed by atoms with E-state index in [1.54, 1.807) is 11.8 Å². The van der Waals surface area contributed by atoms with E-state index in [9.17, 15) is 4.79 Å². The van der Waals surface area contributed by atoms with Crippen LogP contribution in [0.5, 0.6) is 0 Å². The van der Waals surface area contributed by atoms with Gasteiger partial charge in [0.15, 0.2) is 5.78 Å². The van der Waals surface area contributed by atoms with Crippen LogP contribution in [0.15, 0.2) is 40.7 Å². The predicted molar refractivity (Wildman–Crippen MR) is 114 cm³/mol. The maximum Gasteiger partial charge on any atom is 0.227 e. The number of nitrogens with zero attached hydrogens (tertiary/aromatic N) is 3. The van der Waals surface area contributed by atoms with E-state index in [1.807, 2.05) is 28.9 Å². The number of aromatic nitrogens is 3. The largest absolute Gasteiger partial charge is 0.328 e. The van der Waals surface area contributed by atoms with Gasteiger partial charge in [-0.3, -0.25) is 4.79 Å². The first-order chi connectivity index (χ1) is 13.7. The smallest absolute Gasteiger partial charge is 0.227 e. The van der Waals surface area contributed by atoms with Crippen LogP contribution in [0.1, 0.15) is 63.5 Å². The Morgan fingerprint density at radius 3 is 2.82 bits per heavy atom. The third-order valence-electron chi connectivity index (χ3n) is 5.26. The van der Waals surface area contributed by atoms with Crippen molar-refractivity contribution in [1.82, 2.24) is 14.8 Å². The third-order valence-corrected chi connectivity index (χ3v) is 6.44. The minimum absolute atomic E-state index is 0.198. The zero-order chi connectivity index (χ0) is 19.5. The van der Waals surface area contributed by atoms with Crippen LogP contribution in [0, 0.1) is 0 Å². The van der Waals surface area contributed by atoms with E-state index < -0.39 is 0 Å². The lowest BCUT2D eigenvalue weighted by Gasteiger charge is -2.32. The molecule has 5 nitrogen and oxygen atoms in total. The van der Waals surface area contributed by atoms with Gasteiger partial charge in [-0.25, -0.2) is 4.68 Å². The first-order valence-electron chi connectivity index (χ1n) is 10.1. The summed E-state index contributed by atoms with van der Waals surface area (Å²) in [4.78, 5) is 17.5. The van der Waals surface area contributed by atoms with E-state index in [2.05, 4.69) is 12.2 Å². The quantitative estimate of drug-likeness (QED) is 0.468. The highest BCUT2D eigenvalue weighted by atomic mass is 35.5. The van der Waals surface area contributed by atoms with Crippen molar-refractivity contribution in [2.24, 2.45) is 0 Å². The van der Waals surface area contributed by atoms with Crippen molar-refractivity contribution in [1.29, 1.82) is 0 Å². The Hall–Kier alpha value is -1.79. The lowest BCUT2D eigenvalue weighted by molar-refractivity contribution is -0.116. The molecule has 0 spiro atoms. The summed E-state index contributed by atoms with van der Waals surface area (Å²) in [5, 5.41) is 9.59. The molecule has 0 saturated carbocycles. The fraction of sp³-hybridized carbons (Fsp3) is 0.476. The molecule has 0 saturated heterocycles. The van der Waals surface area contributed by atoms with Gasteiger partial charge in [-0.1, -0.05) is 61.7 Å². The van der Waals surface area contributed by atoms with E-state index >= 15 is 0 Å². The number of nitrogens with one attached hydrogen (secondary N) is 1. The molecule has 1 aromatic carbocycles. The van der Waals surface area contributed by atoms with Crippen molar-refractivity contribution in [3.05, 3.63) is 46.1 Å². The number of rotatable bonds is 7. The Morgan fingerprint density at radius 2 is 2.04 bits per heavy atom. The first kappa shape index (κ1) is 19.5. The van der Waals surface area contributed by atoms with E-state index in [0.29, 0.717) is 11.4 Å². The molecule has 1 atom stereocenters. The van der Waals surface area contributed by atoms with Gasteiger partial charge >= 0.3 is 0 Å². The van der Waals surface area contributed by atoms with Crippen molar-refractivity contribution >= 4 is 35.1 Å². The van der Waals surface area contributed by atoms with Gasteiger partial charge in [0.25, 0.3) is 0 Å². The minimum atomic E-state index is -0.238. The van der Waals surface area contributed by atoms with Crippen molar-refractivity contribution in [3.8, 4) is 0 Å². The Bertz CT molecular complexity index is 890. The minimum Gasteiger partial charge on any atom is -0.328 e. The molecular formula is C21H25ClN4OS. The standard InChI is InChI=1S/C21H25ClN4OS/c1-2-3-4-5-13-28-21-24-20-23-16-7-6-8-17(27)18(16)19(26(20)25-21)14-9-11-15(22)12-10-14/h9-12,19H,2-8,13H2,1H3,(H,23,24,25). The van der Waals surface area contributed by atoms with Crippen molar-refractivity contribution < 1.29 is 4.79 Å². The molecule has 2 aromatic rings. The molecule has 1 N–H and O–H groups in total. The molecule has 1 aliphatic carbocycles. The van der Waals surface area contributed by atoms with Gasteiger partial charge in [-0.15, -0.1) is 5.10 Å². The molecule has 0 amide bonds. The monoisotopic (exact) mass is 416 g/mol. The number of benzene rings is 1. The summed E-state index contributed by atoms with van der Waals surface area (Å²) in [5.74, 6) is 1.94. The van der Waals surface area contributed by atoms with E-state index in [1.165, 1.54) is 25.7 Å². The SMILES string of the molecule is CCCCCCSc1nc2n(n1)C(c1ccc(Cl)cc1)C1=C(CCCC1=O)N2. The van der Waals surface area contributed by atoms with Gasteiger partial charge in [-0.2, -0.15) is 4.98 Å². The normalized spacial score (nSPS) is 18.6. The molecule has 0 bridgehead atoms. The molecule has 4 rings (SSSR count). The molecule has 7 heteroatoms. The van der Waals surface area contributed by atoms with Crippen LogP contribution < -0.4 is 5.32 Å². The summed E-state index contributed by atoms with van der Waals surface area (Å²) in [5.41, 5.74) is 2.83. The highest BCUT2D eigenvalue weighted by molar-refractivity contribution is 7.99. The lowest BCUT2D eigenvalue weighted by Crippen LogP contribution is -2.31. The van der Waals surface area contributed by atoms with E-state index in [-0.39, 0.29) is 11.8 Å². The van der Waals surface area contributed by atoms with Gasteiger partial charge in [0.05, 0.1) is 0 Å². The number of carbonyl (C=O) groups excluding carboxylic acids is 1. The second-order valence-electron chi connectivity index (χ2n) is 7.32. The number of hydrogen-bond donors (Lipinski definition) is 1. The zero-order valence-electron chi connectivity index (χ0n) is 16.1. The number of allylic oxidation sites excluding steroid dienone is 2. The summed E-state index contributed by atoms with van der Waals surface area (Å²) >= 11 is 7.78. The topological polar surface area (TPSA) is 59.8 Å². The Morgan fingerprint density at radius 1 is 1.21 bits per heavy atom. The fourth-order valence-corrected chi connectivity index (χ4v) is 4.80. The number of thioether (sulfide) groups is 1. The van der Waals surface area contributed by atoms with Crippen molar-refractivity contribution in [2.45, 2.75) is 63.1 Å². The number of ketones is 1. The highest BCUT2D eigenvalue weighted by Crippen LogP contribution is 2.40. The summed E-state index contributed by atoms with van der Waals surface area (Å²) in [6.07, 6.45) is 7.26. The van der Waals surface area contributed by atoms with Crippen molar-refractivity contribution in [2.75, 3.05) is 11.1 Å². The Balaban J connectivity index is 1.64. The first-order valence-corrected chi connectivity index (χ1v) is 11.4. The van der Waals surface area contributed by atoms with Gasteiger partial charge in [-0.05, 0) is 37.0 Å². The van der Waals surface area contributed by atoms with Crippen LogP contribution in [0.25, 0.3) is 0 Å². The summed E-state index contributed by atoms with van der Waals surface area (Å²) in [6.45, 7) is 2.22. The summed E-state index contributed by atoms with van der Waals surface area (Å²) in [6, 6.07) is 7.46. The van der Waals surface area contributed by atoms with Crippen LogP contribution in [0.2, 0.25) is 5.02 Å². The third kappa shape index (κ3) is 3.98. The number of anilines is 1. The lowest BCUT2D eigenvalue weighted by atomic mass is 9.85. The average molecular weight is 417 g/mol. The predicted octanol–water partition coefficient (Wildman–Crippen LogP) is 5.63. The van der Waals surface area contributed by atoms with Gasteiger partial charge in [0, 0.05) is 28.5 Å². The van der Waals surface area contributed by atoms with Crippen LogP contribution in [-0.2, 0) is 4.79 Å². The van der Waals surface area contributed by atoms with Gasteiger partial charge in [0.2, 0.25) is 11.1 Å². The Labute approximate surface area is 174 Å². The number of halogens is 1. The molecule has 1 aliphatic heterocycles. The van der Waals surface area contributed by atoms with Crippen LogP contribution in [0.3, 0.4) is 0 Å². The maximum atomic E-state index is 12.8. The van der Waals surface area contributed by atoms with Crippen LogP contribution >= 0.6 is 23.4 Å². The molecular weight excluding hydrogens is 392 g/mol. The second-order valence-corrected chi connectivity index (χ2v) is 8.82. The average Bonchev–Trinajstić information content (AvgIpc) is 3.09. The van der Waals surface area contributed by atoms with Crippen LogP contribution in [0.4, 0.5) is 5.95 Å². The molecule has 0 fully saturated rings. The van der Waals surface area contributed by atoms with Gasteiger partial charge in [0.1, 0.15) is 6.04 Å². The maximum absolute atomic E-state index is 12.8. The summed E-state index contributed by atoms with van der Waals surface area (Å²) < 4.78 is 1.87. The van der Waals surface area contributed by atoms with Gasteiger partial charge < -0.3 is 5.32 Å². The molecule has 1 aromatic heterocycles. The number of carbonyl (C=O) groups is 1. The molecule has 2 heterocycles. The highest BCUT2D eigenvalue weighted by Gasteiger charge is 2.36. The Kier molecular flexibility index (Phi) is 6.07. The molecule has 0 radical (unpaired) electrons. The second kappa shape index (κ2) is 8.70. The molecule has 148 valence electrons. The number of unbranched alkanes of at least 4 members (excludes halogenated alkanes) is 3.